The highest BCUT2D eigenvalue weighted by atomic mass is 32.2. The van der Waals surface area contributed by atoms with Crippen LogP contribution in [0.25, 0.3) is 0 Å². The number of rotatable bonds is 8. The minimum absolute atomic E-state index is 0.317. The molecular weight excluding hydrogens is 276 g/mol. The maximum absolute atomic E-state index is 12.4. The van der Waals surface area contributed by atoms with Crippen LogP contribution in [0, 0.1) is 19.8 Å². The van der Waals surface area contributed by atoms with Crippen molar-refractivity contribution >= 4 is 10.0 Å². The fourth-order valence-electron chi connectivity index (χ4n) is 1.97. The van der Waals surface area contributed by atoms with Gasteiger partial charge in [0.15, 0.2) is 0 Å². The summed E-state index contributed by atoms with van der Waals surface area (Å²) < 4.78 is 29.2. The van der Waals surface area contributed by atoms with Crippen molar-refractivity contribution in [1.29, 1.82) is 0 Å². The third kappa shape index (κ3) is 4.04. The van der Waals surface area contributed by atoms with E-state index in [4.69, 9.17) is 0 Å². The minimum Gasteiger partial charge on any atom is -0.318 e. The van der Waals surface area contributed by atoms with Gasteiger partial charge >= 0.3 is 0 Å². The van der Waals surface area contributed by atoms with Gasteiger partial charge in [-0.25, -0.2) is 13.1 Å². The van der Waals surface area contributed by atoms with Crippen LogP contribution >= 0.6 is 0 Å². The summed E-state index contributed by atoms with van der Waals surface area (Å²) in [6.45, 7) is 9.48. The van der Waals surface area contributed by atoms with E-state index in [-0.39, 0.29) is 0 Å². The van der Waals surface area contributed by atoms with Crippen molar-refractivity contribution in [2.75, 3.05) is 20.1 Å². The zero-order valence-electron chi connectivity index (χ0n) is 13.0. The Morgan fingerprint density at radius 1 is 1.35 bits per heavy atom. The van der Waals surface area contributed by atoms with E-state index < -0.39 is 10.0 Å². The summed E-state index contributed by atoms with van der Waals surface area (Å²) in [4.78, 5) is 0.317. The Morgan fingerprint density at radius 2 is 2.00 bits per heavy atom. The van der Waals surface area contributed by atoms with Crippen LogP contribution in [0.4, 0.5) is 0 Å². The van der Waals surface area contributed by atoms with Crippen molar-refractivity contribution in [2.24, 2.45) is 5.92 Å². The molecule has 1 atom stereocenters. The first-order valence-electron chi connectivity index (χ1n) is 7.01. The normalized spacial score (nSPS) is 13.7. The number of hydrogen-bond donors (Lipinski definition) is 2. The van der Waals surface area contributed by atoms with Crippen LogP contribution in [0.5, 0.6) is 0 Å². The molecule has 6 nitrogen and oxygen atoms in total. The summed E-state index contributed by atoms with van der Waals surface area (Å²) in [5.74, 6) is 0.324. The number of likely N-dealkylation sites (N-methyl/N-ethyl adjacent to an activating group) is 1. The molecule has 1 unspecified atom stereocenters. The maximum Gasteiger partial charge on any atom is 0.244 e. The highest BCUT2D eigenvalue weighted by Crippen LogP contribution is 2.19. The average Bonchev–Trinajstić information content (AvgIpc) is 2.68. The van der Waals surface area contributed by atoms with Gasteiger partial charge in [0.25, 0.3) is 0 Å². The highest BCUT2D eigenvalue weighted by Gasteiger charge is 2.24. The maximum atomic E-state index is 12.4. The molecule has 0 saturated heterocycles. The standard InChI is InChI=1S/C13H26N4O2S/c1-6-10(2)9-15-20(18,19)13-11(3)16-17(12(13)4)8-7-14-5/h10,14-15H,6-9H2,1-5H3. The number of aryl methyl sites for hydroxylation is 1. The highest BCUT2D eigenvalue weighted by molar-refractivity contribution is 7.89. The summed E-state index contributed by atoms with van der Waals surface area (Å²) in [5, 5.41) is 7.35. The van der Waals surface area contributed by atoms with Crippen molar-refractivity contribution in [3.63, 3.8) is 0 Å². The number of aromatic nitrogens is 2. The third-order valence-electron chi connectivity index (χ3n) is 3.48. The lowest BCUT2D eigenvalue weighted by molar-refractivity contribution is 0.527. The Balaban J connectivity index is 2.97. The first kappa shape index (κ1) is 17.1. The Labute approximate surface area is 122 Å². The predicted octanol–water partition coefficient (Wildman–Crippen LogP) is 1.04. The van der Waals surface area contributed by atoms with Crippen LogP contribution < -0.4 is 10.0 Å². The van der Waals surface area contributed by atoms with Crippen molar-refractivity contribution in [3.8, 4) is 0 Å². The van der Waals surface area contributed by atoms with Crippen molar-refractivity contribution in [3.05, 3.63) is 11.4 Å². The number of hydrogen-bond acceptors (Lipinski definition) is 4. The Kier molecular flexibility index (Phi) is 6.16. The quantitative estimate of drug-likeness (QED) is 0.752. The Bertz CT molecular complexity index is 537. The topological polar surface area (TPSA) is 76.0 Å². The number of sulfonamides is 1. The van der Waals surface area contributed by atoms with E-state index in [1.54, 1.807) is 18.5 Å². The molecule has 0 aliphatic heterocycles. The molecular formula is C13H26N4O2S. The molecule has 0 amide bonds. The summed E-state index contributed by atoms with van der Waals surface area (Å²) >= 11 is 0. The van der Waals surface area contributed by atoms with E-state index in [2.05, 4.69) is 15.1 Å². The van der Waals surface area contributed by atoms with E-state index in [0.717, 1.165) is 13.0 Å². The number of nitrogens with one attached hydrogen (secondary N) is 2. The van der Waals surface area contributed by atoms with Crippen LogP contribution in [-0.4, -0.2) is 38.3 Å². The van der Waals surface area contributed by atoms with Gasteiger partial charge in [0.1, 0.15) is 4.90 Å². The summed E-state index contributed by atoms with van der Waals surface area (Å²) in [7, 11) is -1.63. The Morgan fingerprint density at radius 3 is 2.55 bits per heavy atom. The zero-order valence-corrected chi connectivity index (χ0v) is 13.8. The molecule has 0 radical (unpaired) electrons. The molecule has 1 rings (SSSR count). The smallest absolute Gasteiger partial charge is 0.244 e. The van der Waals surface area contributed by atoms with Crippen molar-refractivity contribution in [2.45, 2.75) is 45.6 Å². The van der Waals surface area contributed by atoms with E-state index in [9.17, 15) is 8.42 Å². The lowest BCUT2D eigenvalue weighted by Crippen LogP contribution is -2.29. The van der Waals surface area contributed by atoms with Crippen molar-refractivity contribution < 1.29 is 8.42 Å². The van der Waals surface area contributed by atoms with Gasteiger partial charge in [0.05, 0.1) is 17.9 Å². The number of nitrogens with zero attached hydrogens (tertiary/aromatic N) is 2. The first-order valence-corrected chi connectivity index (χ1v) is 8.50. The molecule has 0 aromatic carbocycles. The fourth-order valence-corrected chi connectivity index (χ4v) is 3.55. The van der Waals surface area contributed by atoms with Crippen LogP contribution in [0.1, 0.15) is 31.7 Å². The molecule has 1 aromatic heterocycles. The monoisotopic (exact) mass is 302 g/mol. The van der Waals surface area contributed by atoms with E-state index in [0.29, 0.717) is 35.3 Å². The molecule has 1 aromatic rings. The molecule has 20 heavy (non-hydrogen) atoms. The van der Waals surface area contributed by atoms with Gasteiger partial charge in [0.2, 0.25) is 10.0 Å². The second-order valence-electron chi connectivity index (χ2n) is 5.19. The molecule has 7 heteroatoms. The van der Waals surface area contributed by atoms with Crippen molar-refractivity contribution in [1.82, 2.24) is 19.8 Å². The lowest BCUT2D eigenvalue weighted by Gasteiger charge is -2.11. The van der Waals surface area contributed by atoms with Crippen LogP contribution in [0.15, 0.2) is 4.90 Å². The first-order chi connectivity index (χ1) is 9.33. The fraction of sp³-hybridized carbons (Fsp3) is 0.769. The average molecular weight is 302 g/mol. The molecule has 0 spiro atoms. The third-order valence-corrected chi connectivity index (χ3v) is 5.15. The predicted molar refractivity (Wildman–Crippen MR) is 80.3 cm³/mol. The van der Waals surface area contributed by atoms with Crippen LogP contribution in [0.3, 0.4) is 0 Å². The van der Waals surface area contributed by atoms with E-state index >= 15 is 0 Å². The molecule has 0 aliphatic rings. The summed E-state index contributed by atoms with van der Waals surface area (Å²) in [6.07, 6.45) is 0.946. The van der Waals surface area contributed by atoms with Gasteiger partial charge in [-0.3, -0.25) is 4.68 Å². The molecule has 2 N–H and O–H groups in total. The van der Waals surface area contributed by atoms with Gasteiger partial charge < -0.3 is 5.32 Å². The SMILES string of the molecule is CCC(C)CNS(=O)(=O)c1c(C)nn(CCNC)c1C. The van der Waals surface area contributed by atoms with E-state index in [1.807, 2.05) is 20.9 Å². The molecule has 0 aliphatic carbocycles. The van der Waals surface area contributed by atoms with Gasteiger partial charge in [-0.05, 0) is 26.8 Å². The van der Waals surface area contributed by atoms with Crippen LogP contribution in [-0.2, 0) is 16.6 Å². The van der Waals surface area contributed by atoms with Gasteiger partial charge in [-0.15, -0.1) is 0 Å². The largest absolute Gasteiger partial charge is 0.318 e. The summed E-state index contributed by atoms with van der Waals surface area (Å²) in [6, 6.07) is 0. The van der Waals surface area contributed by atoms with E-state index in [1.165, 1.54) is 0 Å². The second kappa shape index (κ2) is 7.19. The second-order valence-corrected chi connectivity index (χ2v) is 6.90. The molecule has 0 saturated carbocycles. The molecule has 0 fully saturated rings. The van der Waals surface area contributed by atoms with Crippen LogP contribution in [0.2, 0.25) is 0 Å². The lowest BCUT2D eigenvalue weighted by atomic mass is 10.1. The Hall–Kier alpha value is -0.920. The van der Waals surface area contributed by atoms with Gasteiger partial charge in [-0.2, -0.15) is 5.10 Å². The molecule has 116 valence electrons. The molecule has 0 bridgehead atoms. The van der Waals surface area contributed by atoms with Gasteiger partial charge in [0, 0.05) is 13.1 Å². The zero-order chi connectivity index (χ0) is 15.3. The summed E-state index contributed by atoms with van der Waals surface area (Å²) in [5.41, 5.74) is 1.24. The minimum atomic E-state index is -3.48. The molecule has 1 heterocycles. The van der Waals surface area contributed by atoms with Gasteiger partial charge in [-0.1, -0.05) is 20.3 Å².